The Morgan fingerprint density at radius 3 is 2.50 bits per heavy atom. The zero-order valence-electron chi connectivity index (χ0n) is 16.1. The molecule has 0 aromatic carbocycles. The predicted molar refractivity (Wildman–Crippen MR) is 97.2 cm³/mol. The van der Waals surface area contributed by atoms with Crippen LogP contribution in [-0.2, 0) is 22.9 Å². The molecule has 3 aliphatic rings. The Bertz CT molecular complexity index is 660. The van der Waals surface area contributed by atoms with Gasteiger partial charge in [-0.05, 0) is 26.7 Å². The first-order valence-electron chi connectivity index (χ1n) is 9.87. The molecule has 0 saturated carbocycles. The topological polar surface area (TPSA) is 59.8 Å². The molecule has 7 nitrogen and oxygen atoms in total. The highest BCUT2D eigenvalue weighted by molar-refractivity contribution is 5.94. The van der Waals surface area contributed by atoms with Crippen molar-refractivity contribution in [2.75, 3.05) is 39.4 Å². The van der Waals surface area contributed by atoms with Gasteiger partial charge >= 0.3 is 0 Å². The SMILES string of the molecule is C[C@@H]1Cc2c(C(=O)N3CCN(C4CCOCC4)CC3)nn(C)c2[C@H](C)O1. The number of amides is 1. The van der Waals surface area contributed by atoms with Gasteiger partial charge in [-0.3, -0.25) is 14.4 Å². The van der Waals surface area contributed by atoms with Gasteiger partial charge in [-0.1, -0.05) is 0 Å². The second kappa shape index (κ2) is 7.29. The number of hydrogen-bond acceptors (Lipinski definition) is 5. The molecule has 2 saturated heterocycles. The Kier molecular flexibility index (Phi) is 5.03. The first-order chi connectivity index (χ1) is 12.5. The molecule has 2 fully saturated rings. The van der Waals surface area contributed by atoms with Crippen LogP contribution in [0.2, 0.25) is 0 Å². The molecule has 0 bridgehead atoms. The largest absolute Gasteiger partial charge is 0.381 e. The minimum atomic E-state index is -0.0156. The molecule has 1 aromatic rings. The molecule has 0 spiro atoms. The van der Waals surface area contributed by atoms with E-state index in [2.05, 4.69) is 16.9 Å². The van der Waals surface area contributed by atoms with Crippen molar-refractivity contribution in [3.8, 4) is 0 Å². The number of rotatable bonds is 2. The van der Waals surface area contributed by atoms with E-state index in [9.17, 15) is 4.79 Å². The van der Waals surface area contributed by atoms with Crippen molar-refractivity contribution < 1.29 is 14.3 Å². The van der Waals surface area contributed by atoms with E-state index in [1.54, 1.807) is 0 Å². The smallest absolute Gasteiger partial charge is 0.274 e. The number of aromatic nitrogens is 2. The molecule has 3 aliphatic heterocycles. The number of carbonyl (C=O) groups is 1. The second-order valence-electron chi connectivity index (χ2n) is 7.80. The van der Waals surface area contributed by atoms with Crippen LogP contribution in [0.5, 0.6) is 0 Å². The van der Waals surface area contributed by atoms with Crippen molar-refractivity contribution in [2.45, 2.75) is 51.4 Å². The Hall–Kier alpha value is -1.44. The summed E-state index contributed by atoms with van der Waals surface area (Å²) >= 11 is 0. The summed E-state index contributed by atoms with van der Waals surface area (Å²) < 4.78 is 13.2. The van der Waals surface area contributed by atoms with E-state index in [-0.39, 0.29) is 18.1 Å². The molecule has 4 heterocycles. The van der Waals surface area contributed by atoms with E-state index >= 15 is 0 Å². The lowest BCUT2D eigenvalue weighted by atomic mass is 9.99. The van der Waals surface area contributed by atoms with Crippen molar-refractivity contribution in [2.24, 2.45) is 7.05 Å². The maximum atomic E-state index is 13.2. The molecule has 1 amide bonds. The van der Waals surface area contributed by atoms with Crippen molar-refractivity contribution in [1.82, 2.24) is 19.6 Å². The summed E-state index contributed by atoms with van der Waals surface area (Å²) in [5, 5.41) is 4.58. The monoisotopic (exact) mass is 362 g/mol. The van der Waals surface area contributed by atoms with Gasteiger partial charge in [0.15, 0.2) is 5.69 Å². The van der Waals surface area contributed by atoms with E-state index < -0.39 is 0 Å². The van der Waals surface area contributed by atoms with Crippen LogP contribution in [0.1, 0.15) is 54.5 Å². The summed E-state index contributed by atoms with van der Waals surface area (Å²) in [6, 6.07) is 0.613. The molecule has 4 rings (SSSR count). The normalized spacial score (nSPS) is 28.2. The number of ether oxygens (including phenoxy) is 2. The van der Waals surface area contributed by atoms with Crippen molar-refractivity contribution in [3.63, 3.8) is 0 Å². The molecular weight excluding hydrogens is 332 g/mol. The Balaban J connectivity index is 1.45. The molecule has 2 atom stereocenters. The summed E-state index contributed by atoms with van der Waals surface area (Å²) in [4.78, 5) is 17.7. The van der Waals surface area contributed by atoms with Crippen LogP contribution < -0.4 is 0 Å². The van der Waals surface area contributed by atoms with Gasteiger partial charge in [0.05, 0.1) is 17.9 Å². The Morgan fingerprint density at radius 1 is 1.12 bits per heavy atom. The number of hydrogen-bond donors (Lipinski definition) is 0. The second-order valence-corrected chi connectivity index (χ2v) is 7.80. The lowest BCUT2D eigenvalue weighted by Gasteiger charge is -2.40. The van der Waals surface area contributed by atoms with Gasteiger partial charge < -0.3 is 14.4 Å². The summed E-state index contributed by atoms with van der Waals surface area (Å²) in [6.07, 6.45) is 3.09. The quantitative estimate of drug-likeness (QED) is 0.795. The molecule has 26 heavy (non-hydrogen) atoms. The van der Waals surface area contributed by atoms with Gasteiger partial charge in [0.2, 0.25) is 0 Å². The van der Waals surface area contributed by atoms with Crippen molar-refractivity contribution in [3.05, 3.63) is 17.0 Å². The molecule has 0 unspecified atom stereocenters. The van der Waals surface area contributed by atoms with Crippen LogP contribution in [0.3, 0.4) is 0 Å². The molecule has 7 heteroatoms. The summed E-state index contributed by atoms with van der Waals surface area (Å²) in [5.74, 6) is 0.0785. The molecule has 0 N–H and O–H groups in total. The first-order valence-corrected chi connectivity index (χ1v) is 9.87. The van der Waals surface area contributed by atoms with Crippen molar-refractivity contribution in [1.29, 1.82) is 0 Å². The van der Waals surface area contributed by atoms with E-state index in [0.717, 1.165) is 69.9 Å². The van der Waals surface area contributed by atoms with E-state index in [1.165, 1.54) is 0 Å². The average molecular weight is 362 g/mol. The standard InChI is InChI=1S/C19H30N4O3/c1-13-12-16-17(20-21(3)18(16)14(2)26-13)19(24)23-8-6-22(7-9-23)15-4-10-25-11-5-15/h13-15H,4-12H2,1-3H3/t13-,14+/m1/s1. The number of aryl methyl sites for hydroxylation is 1. The van der Waals surface area contributed by atoms with Crippen LogP contribution in [0.25, 0.3) is 0 Å². The molecule has 144 valence electrons. The molecular formula is C19H30N4O3. The highest BCUT2D eigenvalue weighted by Gasteiger charge is 2.34. The van der Waals surface area contributed by atoms with E-state index in [0.29, 0.717) is 11.7 Å². The summed E-state index contributed by atoms with van der Waals surface area (Å²) in [6.45, 7) is 9.28. The minimum absolute atomic E-state index is 0.0156. The van der Waals surface area contributed by atoms with Gasteiger partial charge in [0, 0.05) is 64.5 Å². The number of nitrogens with zero attached hydrogens (tertiary/aromatic N) is 4. The van der Waals surface area contributed by atoms with Crippen LogP contribution in [-0.4, -0.2) is 77.0 Å². The number of carbonyl (C=O) groups excluding carboxylic acids is 1. The van der Waals surface area contributed by atoms with Crippen LogP contribution >= 0.6 is 0 Å². The molecule has 0 aliphatic carbocycles. The third-order valence-electron chi connectivity index (χ3n) is 6.02. The van der Waals surface area contributed by atoms with Crippen LogP contribution in [0, 0.1) is 0 Å². The van der Waals surface area contributed by atoms with E-state index in [4.69, 9.17) is 9.47 Å². The summed E-state index contributed by atoms with van der Waals surface area (Å²) in [7, 11) is 1.91. The average Bonchev–Trinajstić information content (AvgIpc) is 2.98. The molecule has 0 radical (unpaired) electrons. The fourth-order valence-corrected chi connectivity index (χ4v) is 4.70. The van der Waals surface area contributed by atoms with Gasteiger partial charge in [0.1, 0.15) is 0 Å². The molecule has 1 aromatic heterocycles. The first kappa shape index (κ1) is 17.9. The Labute approximate surface area is 155 Å². The van der Waals surface area contributed by atoms with Gasteiger partial charge in [-0.15, -0.1) is 0 Å². The zero-order valence-corrected chi connectivity index (χ0v) is 16.1. The van der Waals surface area contributed by atoms with Crippen LogP contribution in [0.15, 0.2) is 0 Å². The third kappa shape index (κ3) is 3.28. The maximum Gasteiger partial charge on any atom is 0.274 e. The van der Waals surface area contributed by atoms with Gasteiger partial charge in [0.25, 0.3) is 5.91 Å². The Morgan fingerprint density at radius 2 is 1.81 bits per heavy atom. The zero-order chi connectivity index (χ0) is 18.3. The predicted octanol–water partition coefficient (Wildman–Crippen LogP) is 1.38. The number of fused-ring (bicyclic) bond motifs is 1. The fraction of sp³-hybridized carbons (Fsp3) is 0.789. The van der Waals surface area contributed by atoms with Crippen molar-refractivity contribution >= 4 is 5.91 Å². The lowest BCUT2D eigenvalue weighted by molar-refractivity contribution is -0.00914. The van der Waals surface area contributed by atoms with Crippen LogP contribution in [0.4, 0.5) is 0 Å². The summed E-state index contributed by atoms with van der Waals surface area (Å²) in [5.41, 5.74) is 2.76. The number of piperazine rings is 1. The van der Waals surface area contributed by atoms with Gasteiger partial charge in [-0.25, -0.2) is 0 Å². The minimum Gasteiger partial charge on any atom is -0.381 e. The van der Waals surface area contributed by atoms with Gasteiger partial charge in [-0.2, -0.15) is 5.10 Å². The third-order valence-corrected chi connectivity index (χ3v) is 6.02. The highest BCUT2D eigenvalue weighted by atomic mass is 16.5. The fourth-order valence-electron chi connectivity index (χ4n) is 4.70. The lowest BCUT2D eigenvalue weighted by Crippen LogP contribution is -2.53. The maximum absolute atomic E-state index is 13.2. The highest BCUT2D eigenvalue weighted by Crippen LogP contribution is 2.32. The van der Waals surface area contributed by atoms with E-state index in [1.807, 2.05) is 23.6 Å².